The maximum atomic E-state index is 13.5. The SMILES string of the molecule is COC(=O)[C@@]12[C@@H]3[C@@H]4CC[C@@H]5O[C@@H](O)[C@@]16[C@@H]([C@@H]45)[C@H]3[C@H]1[C@@H]2[C@@H]2C=CC[C@@H]2[C@@H]16. The highest BCUT2D eigenvalue weighted by Crippen LogP contribution is 2.98. The van der Waals surface area contributed by atoms with Gasteiger partial charge < -0.3 is 14.6 Å². The third kappa shape index (κ3) is 0.867. The number of allylic oxidation sites excluding steroid dienone is 2. The highest BCUT2D eigenvalue weighted by atomic mass is 16.6. The minimum Gasteiger partial charge on any atom is -0.469 e. The molecule has 0 aromatic heterocycles. The van der Waals surface area contributed by atoms with Crippen molar-refractivity contribution >= 4 is 5.97 Å². The zero-order valence-electron chi connectivity index (χ0n) is 14.4. The maximum absolute atomic E-state index is 13.5. The first-order valence-corrected chi connectivity index (χ1v) is 10.3. The van der Waals surface area contributed by atoms with Gasteiger partial charge in [-0.2, -0.15) is 0 Å². The average molecular weight is 340 g/mol. The molecule has 132 valence electrons. The van der Waals surface area contributed by atoms with Crippen molar-refractivity contribution < 1.29 is 19.4 Å². The first-order chi connectivity index (χ1) is 12.2. The van der Waals surface area contributed by atoms with Crippen LogP contribution in [0.5, 0.6) is 0 Å². The molecule has 1 aliphatic heterocycles. The molecule has 8 fully saturated rings. The highest BCUT2D eigenvalue weighted by Gasteiger charge is 3.01. The second kappa shape index (κ2) is 3.47. The Kier molecular flexibility index (Phi) is 1.85. The Morgan fingerprint density at radius 3 is 2.80 bits per heavy atom. The van der Waals surface area contributed by atoms with Crippen molar-refractivity contribution in [3.8, 4) is 0 Å². The minimum atomic E-state index is -0.758. The van der Waals surface area contributed by atoms with Crippen LogP contribution in [0.2, 0.25) is 0 Å². The molecular formula is C21H24O4. The molecule has 0 unspecified atom stereocenters. The molecule has 8 aliphatic carbocycles. The zero-order chi connectivity index (χ0) is 16.5. The van der Waals surface area contributed by atoms with Crippen LogP contribution in [0, 0.1) is 70.0 Å². The Morgan fingerprint density at radius 1 is 1.12 bits per heavy atom. The molecule has 14 atom stereocenters. The van der Waals surface area contributed by atoms with Gasteiger partial charge in [0.05, 0.1) is 18.6 Å². The molecule has 7 saturated carbocycles. The quantitative estimate of drug-likeness (QED) is 0.584. The molecule has 1 spiro atoms. The summed E-state index contributed by atoms with van der Waals surface area (Å²) < 4.78 is 11.8. The molecule has 1 N–H and O–H groups in total. The number of hydrogen-bond donors (Lipinski definition) is 1. The summed E-state index contributed by atoms with van der Waals surface area (Å²) in [7, 11) is 1.56. The van der Waals surface area contributed by atoms with Gasteiger partial charge in [-0.1, -0.05) is 12.2 Å². The molecular weight excluding hydrogens is 316 g/mol. The van der Waals surface area contributed by atoms with Gasteiger partial charge >= 0.3 is 5.97 Å². The molecule has 25 heavy (non-hydrogen) atoms. The number of fused-ring (bicyclic) bond motifs is 1. The third-order valence-electron chi connectivity index (χ3n) is 10.9. The van der Waals surface area contributed by atoms with Crippen LogP contribution in [0.3, 0.4) is 0 Å². The fourth-order valence-corrected chi connectivity index (χ4v) is 11.6. The van der Waals surface area contributed by atoms with Crippen LogP contribution in [0.1, 0.15) is 19.3 Å². The van der Waals surface area contributed by atoms with E-state index in [4.69, 9.17) is 9.47 Å². The molecule has 0 radical (unpaired) electrons. The van der Waals surface area contributed by atoms with Gasteiger partial charge in [0.1, 0.15) is 0 Å². The van der Waals surface area contributed by atoms with E-state index in [9.17, 15) is 9.90 Å². The maximum Gasteiger partial charge on any atom is 0.313 e. The number of methoxy groups -OCH3 is 1. The van der Waals surface area contributed by atoms with E-state index in [2.05, 4.69) is 12.2 Å². The van der Waals surface area contributed by atoms with E-state index in [0.717, 1.165) is 12.8 Å². The lowest BCUT2D eigenvalue weighted by Gasteiger charge is -2.63. The summed E-state index contributed by atoms with van der Waals surface area (Å²) in [6, 6.07) is 0. The Labute approximate surface area is 146 Å². The van der Waals surface area contributed by atoms with Crippen molar-refractivity contribution in [3.05, 3.63) is 12.2 Å². The molecule has 0 aromatic carbocycles. The molecule has 1 heterocycles. The minimum absolute atomic E-state index is 0.00907. The van der Waals surface area contributed by atoms with E-state index in [-0.39, 0.29) is 17.5 Å². The van der Waals surface area contributed by atoms with Crippen LogP contribution in [0.4, 0.5) is 0 Å². The smallest absolute Gasteiger partial charge is 0.313 e. The summed E-state index contributed by atoms with van der Waals surface area (Å²) in [6.07, 6.45) is 7.61. The summed E-state index contributed by atoms with van der Waals surface area (Å²) in [4.78, 5) is 13.5. The number of hydrogen-bond acceptors (Lipinski definition) is 4. The Hall–Kier alpha value is -0.870. The predicted molar refractivity (Wildman–Crippen MR) is 85.7 cm³/mol. The number of esters is 1. The molecule has 9 aliphatic rings. The van der Waals surface area contributed by atoms with Crippen molar-refractivity contribution in [2.75, 3.05) is 7.11 Å². The molecule has 0 amide bonds. The van der Waals surface area contributed by atoms with E-state index in [0.29, 0.717) is 59.2 Å². The van der Waals surface area contributed by atoms with Crippen molar-refractivity contribution in [2.45, 2.75) is 31.7 Å². The summed E-state index contributed by atoms with van der Waals surface area (Å²) >= 11 is 0. The van der Waals surface area contributed by atoms with Crippen molar-refractivity contribution in [1.29, 1.82) is 0 Å². The van der Waals surface area contributed by atoms with Crippen molar-refractivity contribution in [2.24, 2.45) is 70.0 Å². The van der Waals surface area contributed by atoms with Gasteiger partial charge in [-0.3, -0.25) is 4.79 Å². The largest absolute Gasteiger partial charge is 0.469 e. The second-order valence-electron chi connectivity index (χ2n) is 10.3. The first kappa shape index (κ1) is 13.3. The normalized spacial score (nSPS) is 73.7. The first-order valence-electron chi connectivity index (χ1n) is 10.3. The Bertz CT molecular complexity index is 772. The van der Waals surface area contributed by atoms with Gasteiger partial charge in [0.25, 0.3) is 0 Å². The summed E-state index contributed by atoms with van der Waals surface area (Å²) in [6.45, 7) is 0. The van der Waals surface area contributed by atoms with E-state index in [1.807, 2.05) is 0 Å². The molecule has 9 rings (SSSR count). The second-order valence-corrected chi connectivity index (χ2v) is 10.3. The summed E-state index contributed by atoms with van der Waals surface area (Å²) in [5.41, 5.74) is -0.794. The zero-order valence-corrected chi connectivity index (χ0v) is 14.4. The lowest BCUT2D eigenvalue weighted by Crippen LogP contribution is -2.69. The molecule has 8 bridgehead atoms. The van der Waals surface area contributed by atoms with Crippen molar-refractivity contribution in [1.82, 2.24) is 0 Å². The number of aliphatic hydroxyl groups is 1. The van der Waals surface area contributed by atoms with E-state index in [1.165, 1.54) is 6.42 Å². The van der Waals surface area contributed by atoms with Crippen LogP contribution in [-0.2, 0) is 14.3 Å². The number of aliphatic hydroxyl groups excluding tert-OH is 1. The number of carbonyl (C=O) groups excluding carboxylic acids is 1. The number of rotatable bonds is 1. The lowest BCUT2D eigenvalue weighted by molar-refractivity contribution is -0.325. The van der Waals surface area contributed by atoms with Gasteiger partial charge in [0.2, 0.25) is 0 Å². The molecule has 1 saturated heterocycles. The van der Waals surface area contributed by atoms with Crippen LogP contribution < -0.4 is 0 Å². The van der Waals surface area contributed by atoms with Crippen LogP contribution in [-0.4, -0.2) is 30.6 Å². The van der Waals surface area contributed by atoms with Gasteiger partial charge in [-0.25, -0.2) is 0 Å². The highest BCUT2D eigenvalue weighted by molar-refractivity contribution is 5.84. The lowest BCUT2D eigenvalue weighted by atomic mass is 9.42. The van der Waals surface area contributed by atoms with Crippen molar-refractivity contribution in [3.63, 3.8) is 0 Å². The standard InChI is InChI=1S/C21H24O4/c1-24-18(22)20-14-7-3-2-4-8(7)15-12(14)13-16(20)9-5-6-10-11(9)17(13)21(15,20)19(23)25-10/h2-3,7-17,19,23H,4-6H2,1H3/t7-,8+,9-,10+,11+,12+,13+,14+,15+,16-,17+,19-,20-,21-/m1/s1. The van der Waals surface area contributed by atoms with Gasteiger partial charge in [-0.05, 0) is 78.4 Å². The summed E-state index contributed by atoms with van der Waals surface area (Å²) in [5, 5.41) is 11.4. The fraction of sp³-hybridized carbons (Fsp3) is 0.857. The van der Waals surface area contributed by atoms with Crippen LogP contribution >= 0.6 is 0 Å². The van der Waals surface area contributed by atoms with Crippen LogP contribution in [0.15, 0.2) is 12.2 Å². The Morgan fingerprint density at radius 2 is 1.96 bits per heavy atom. The molecule has 0 aromatic rings. The number of ether oxygens (including phenoxy) is 2. The topological polar surface area (TPSA) is 55.8 Å². The number of carbonyl (C=O) groups is 1. The van der Waals surface area contributed by atoms with Crippen LogP contribution in [0.25, 0.3) is 0 Å². The van der Waals surface area contributed by atoms with Gasteiger partial charge in [-0.15, -0.1) is 0 Å². The molecule has 4 nitrogen and oxygen atoms in total. The average Bonchev–Trinajstić information content (AvgIpc) is 3.36. The predicted octanol–water partition coefficient (Wildman–Crippen LogP) is 1.83. The van der Waals surface area contributed by atoms with Gasteiger partial charge in [0.15, 0.2) is 6.29 Å². The Balaban J connectivity index is 1.48. The van der Waals surface area contributed by atoms with Gasteiger partial charge in [0, 0.05) is 5.41 Å². The van der Waals surface area contributed by atoms with E-state index >= 15 is 0 Å². The fourth-order valence-electron chi connectivity index (χ4n) is 11.6. The monoisotopic (exact) mass is 340 g/mol. The summed E-state index contributed by atoms with van der Waals surface area (Å²) in [5.74, 6) is 5.55. The molecule has 4 heteroatoms. The third-order valence-corrected chi connectivity index (χ3v) is 10.9. The van der Waals surface area contributed by atoms with E-state index in [1.54, 1.807) is 7.11 Å². The van der Waals surface area contributed by atoms with E-state index < -0.39 is 11.7 Å².